The molecule has 1 amide bonds. The monoisotopic (exact) mass is 242 g/mol. The number of ether oxygens (including phenoxy) is 2. The van der Waals surface area contributed by atoms with Crippen LogP contribution in [0.1, 0.15) is 39.5 Å². The Morgan fingerprint density at radius 3 is 2.24 bits per heavy atom. The number of nitrogens with one attached hydrogen (secondary N) is 1. The first-order chi connectivity index (χ1) is 7.93. The molecule has 1 aliphatic carbocycles. The first-order valence-corrected chi connectivity index (χ1v) is 6.25. The highest BCUT2D eigenvalue weighted by Gasteiger charge is 2.44. The molecule has 0 aromatic heterocycles. The molecule has 3 N–H and O–H groups in total. The summed E-state index contributed by atoms with van der Waals surface area (Å²) in [4.78, 5) is 11.1. The topological polar surface area (TPSA) is 73.6 Å². The SMILES string of the molecule is CC(=O)NC1(C)CCC2(CC1)OCC(N)CO2. The summed E-state index contributed by atoms with van der Waals surface area (Å²) in [5, 5.41) is 3.01. The Labute approximate surface area is 102 Å². The third-order valence-electron chi connectivity index (χ3n) is 3.71. The average molecular weight is 242 g/mol. The molecule has 1 heterocycles. The van der Waals surface area contributed by atoms with Crippen molar-refractivity contribution in [2.45, 2.75) is 56.9 Å². The Kier molecular flexibility index (Phi) is 3.43. The lowest BCUT2D eigenvalue weighted by atomic mass is 9.79. The molecule has 17 heavy (non-hydrogen) atoms. The van der Waals surface area contributed by atoms with E-state index in [2.05, 4.69) is 12.2 Å². The molecule has 0 atom stereocenters. The second-order valence-electron chi connectivity index (χ2n) is 5.53. The first kappa shape index (κ1) is 12.8. The third-order valence-corrected chi connectivity index (χ3v) is 3.71. The van der Waals surface area contributed by atoms with Gasteiger partial charge < -0.3 is 20.5 Å². The van der Waals surface area contributed by atoms with E-state index in [4.69, 9.17) is 15.2 Å². The molecule has 0 unspecified atom stereocenters. The number of amides is 1. The second-order valence-corrected chi connectivity index (χ2v) is 5.53. The lowest BCUT2D eigenvalue weighted by Crippen LogP contribution is -2.56. The van der Waals surface area contributed by atoms with Gasteiger partial charge in [-0.15, -0.1) is 0 Å². The highest BCUT2D eigenvalue weighted by molar-refractivity contribution is 5.73. The summed E-state index contributed by atoms with van der Waals surface area (Å²) in [6.45, 7) is 4.77. The number of carbonyl (C=O) groups excluding carboxylic acids is 1. The zero-order chi connectivity index (χ0) is 12.5. The van der Waals surface area contributed by atoms with E-state index in [1.807, 2.05) is 0 Å². The van der Waals surface area contributed by atoms with Crippen LogP contribution in [0.5, 0.6) is 0 Å². The van der Waals surface area contributed by atoms with Gasteiger partial charge in [-0.05, 0) is 19.8 Å². The van der Waals surface area contributed by atoms with Crippen LogP contribution < -0.4 is 11.1 Å². The fourth-order valence-corrected chi connectivity index (χ4v) is 2.63. The van der Waals surface area contributed by atoms with Gasteiger partial charge in [0, 0.05) is 25.3 Å². The summed E-state index contributed by atoms with van der Waals surface area (Å²) in [5.74, 6) is -0.427. The van der Waals surface area contributed by atoms with Crippen molar-refractivity contribution in [2.75, 3.05) is 13.2 Å². The van der Waals surface area contributed by atoms with E-state index in [0.29, 0.717) is 13.2 Å². The number of carbonyl (C=O) groups is 1. The van der Waals surface area contributed by atoms with Crippen LogP contribution in [0.15, 0.2) is 0 Å². The van der Waals surface area contributed by atoms with Crippen molar-refractivity contribution < 1.29 is 14.3 Å². The molecule has 1 aliphatic heterocycles. The molecule has 1 saturated heterocycles. The van der Waals surface area contributed by atoms with E-state index in [0.717, 1.165) is 25.7 Å². The van der Waals surface area contributed by atoms with Gasteiger partial charge in [-0.25, -0.2) is 0 Å². The Morgan fingerprint density at radius 2 is 1.76 bits per heavy atom. The third kappa shape index (κ3) is 2.97. The van der Waals surface area contributed by atoms with Gasteiger partial charge in [0.2, 0.25) is 5.91 Å². The number of nitrogens with two attached hydrogens (primary N) is 1. The van der Waals surface area contributed by atoms with Crippen molar-refractivity contribution in [3.63, 3.8) is 0 Å². The van der Waals surface area contributed by atoms with Crippen molar-refractivity contribution in [3.05, 3.63) is 0 Å². The van der Waals surface area contributed by atoms with Gasteiger partial charge in [-0.1, -0.05) is 0 Å². The molecule has 0 aromatic carbocycles. The maximum Gasteiger partial charge on any atom is 0.217 e. The zero-order valence-electron chi connectivity index (χ0n) is 10.6. The first-order valence-electron chi connectivity index (χ1n) is 6.25. The second kappa shape index (κ2) is 4.55. The smallest absolute Gasteiger partial charge is 0.217 e. The van der Waals surface area contributed by atoms with Crippen molar-refractivity contribution in [1.29, 1.82) is 0 Å². The number of hydrogen-bond donors (Lipinski definition) is 2. The summed E-state index contributed by atoms with van der Waals surface area (Å²) in [6, 6.07) is -0.00993. The molecule has 5 nitrogen and oxygen atoms in total. The van der Waals surface area contributed by atoms with Gasteiger partial charge in [0.1, 0.15) is 0 Å². The molecular formula is C12H22N2O3. The highest BCUT2D eigenvalue weighted by atomic mass is 16.7. The van der Waals surface area contributed by atoms with E-state index in [1.54, 1.807) is 6.92 Å². The Hall–Kier alpha value is -0.650. The van der Waals surface area contributed by atoms with Crippen LogP contribution in [-0.2, 0) is 14.3 Å². The normalized spacial score (nSPS) is 42.4. The van der Waals surface area contributed by atoms with Crippen LogP contribution >= 0.6 is 0 Å². The molecule has 98 valence electrons. The van der Waals surface area contributed by atoms with Crippen LogP contribution in [0, 0.1) is 0 Å². The van der Waals surface area contributed by atoms with E-state index < -0.39 is 5.79 Å². The minimum absolute atomic E-state index is 0.00993. The van der Waals surface area contributed by atoms with Crippen molar-refractivity contribution in [2.24, 2.45) is 5.73 Å². The Morgan fingerprint density at radius 1 is 1.24 bits per heavy atom. The standard InChI is InChI=1S/C12H22N2O3/c1-9(15)14-11(2)3-5-12(6-4-11)16-7-10(13)8-17-12/h10H,3-8,13H2,1-2H3,(H,14,15). The largest absolute Gasteiger partial charge is 0.351 e. The average Bonchev–Trinajstić information content (AvgIpc) is 2.26. The molecule has 0 bridgehead atoms. The Balaban J connectivity index is 1.91. The predicted octanol–water partition coefficient (Wildman–Crippen LogP) is 0.526. The fourth-order valence-electron chi connectivity index (χ4n) is 2.63. The summed E-state index contributed by atoms with van der Waals surface area (Å²) < 4.78 is 11.5. The van der Waals surface area contributed by atoms with Crippen LogP contribution in [0.4, 0.5) is 0 Å². The molecule has 0 radical (unpaired) electrons. The summed E-state index contributed by atoms with van der Waals surface area (Å²) >= 11 is 0. The minimum Gasteiger partial charge on any atom is -0.351 e. The molecule has 2 fully saturated rings. The maximum absolute atomic E-state index is 11.1. The maximum atomic E-state index is 11.1. The van der Waals surface area contributed by atoms with Gasteiger partial charge in [-0.2, -0.15) is 0 Å². The van der Waals surface area contributed by atoms with Gasteiger partial charge in [0.05, 0.1) is 19.3 Å². The Bertz CT molecular complexity index is 288. The van der Waals surface area contributed by atoms with Crippen LogP contribution in [0.3, 0.4) is 0 Å². The molecule has 5 heteroatoms. The summed E-state index contributed by atoms with van der Waals surface area (Å²) in [6.07, 6.45) is 3.39. The quantitative estimate of drug-likeness (QED) is 0.703. The van der Waals surface area contributed by atoms with Crippen LogP contribution in [0.2, 0.25) is 0 Å². The molecule has 0 aromatic rings. The van der Waals surface area contributed by atoms with Crippen molar-refractivity contribution in [1.82, 2.24) is 5.32 Å². The molecule has 1 saturated carbocycles. The van der Waals surface area contributed by atoms with E-state index in [9.17, 15) is 4.79 Å². The summed E-state index contributed by atoms with van der Waals surface area (Å²) in [5.41, 5.74) is 5.62. The van der Waals surface area contributed by atoms with Gasteiger partial charge in [-0.3, -0.25) is 4.79 Å². The van der Waals surface area contributed by atoms with Crippen molar-refractivity contribution >= 4 is 5.91 Å². The number of hydrogen-bond acceptors (Lipinski definition) is 4. The zero-order valence-corrected chi connectivity index (χ0v) is 10.6. The summed E-state index contributed by atoms with van der Waals surface area (Å²) in [7, 11) is 0. The molecule has 1 spiro atoms. The van der Waals surface area contributed by atoms with Gasteiger partial charge >= 0.3 is 0 Å². The minimum atomic E-state index is -0.451. The predicted molar refractivity (Wildman–Crippen MR) is 63.3 cm³/mol. The highest BCUT2D eigenvalue weighted by Crippen LogP contribution is 2.39. The lowest BCUT2D eigenvalue weighted by Gasteiger charge is -2.47. The van der Waals surface area contributed by atoms with Gasteiger partial charge in [0.15, 0.2) is 5.79 Å². The van der Waals surface area contributed by atoms with E-state index in [1.165, 1.54) is 0 Å². The molecule has 2 aliphatic rings. The molecular weight excluding hydrogens is 220 g/mol. The van der Waals surface area contributed by atoms with E-state index in [-0.39, 0.29) is 17.5 Å². The van der Waals surface area contributed by atoms with Crippen LogP contribution in [-0.4, -0.2) is 36.5 Å². The lowest BCUT2D eigenvalue weighted by molar-refractivity contribution is -0.288. The fraction of sp³-hybridized carbons (Fsp3) is 0.917. The van der Waals surface area contributed by atoms with E-state index >= 15 is 0 Å². The van der Waals surface area contributed by atoms with Gasteiger partial charge in [0.25, 0.3) is 0 Å². The molecule has 2 rings (SSSR count). The van der Waals surface area contributed by atoms with Crippen molar-refractivity contribution in [3.8, 4) is 0 Å². The van der Waals surface area contributed by atoms with Crippen LogP contribution in [0.25, 0.3) is 0 Å². The number of rotatable bonds is 1.